The quantitative estimate of drug-likeness (QED) is 0.256. The largest absolute Gasteiger partial charge is 1.00 e. The summed E-state index contributed by atoms with van der Waals surface area (Å²) >= 11 is 0. The smallest absolute Gasteiger partial charge is 0.311 e. The van der Waals surface area contributed by atoms with E-state index < -0.39 is 5.41 Å². The molecule has 0 unspecified atom stereocenters. The van der Waals surface area contributed by atoms with Crippen molar-refractivity contribution in [2.75, 3.05) is 6.54 Å². The SMILES string of the molecule is CC(C)(C)C(=O)OCc1[nH]cc(CCN2C(=O)c3ccccc3C2=O)[n+]1Cc1ccc(C#N)cc1.[Br-]. The number of fused-ring (bicyclic) bond motifs is 1. The van der Waals surface area contributed by atoms with Gasteiger partial charge in [0.15, 0.2) is 6.61 Å². The van der Waals surface area contributed by atoms with Crippen molar-refractivity contribution < 1.29 is 40.7 Å². The second-order valence-corrected chi connectivity index (χ2v) is 9.51. The lowest BCUT2D eigenvalue weighted by Gasteiger charge is -2.16. The minimum atomic E-state index is -0.626. The average Bonchev–Trinajstić information content (AvgIpc) is 3.33. The van der Waals surface area contributed by atoms with Crippen LogP contribution in [-0.2, 0) is 29.1 Å². The van der Waals surface area contributed by atoms with Crippen LogP contribution in [0.2, 0.25) is 0 Å². The summed E-state index contributed by atoms with van der Waals surface area (Å²) in [7, 11) is 0. The summed E-state index contributed by atoms with van der Waals surface area (Å²) in [5.41, 5.74) is 2.60. The van der Waals surface area contributed by atoms with Gasteiger partial charge in [-0.25, -0.2) is 9.55 Å². The number of amides is 2. The molecule has 1 aliphatic heterocycles. The van der Waals surface area contributed by atoms with Crippen molar-refractivity contribution >= 4 is 17.8 Å². The van der Waals surface area contributed by atoms with E-state index in [0.29, 0.717) is 35.5 Å². The molecule has 3 aromatic rings. The van der Waals surface area contributed by atoms with E-state index in [2.05, 4.69) is 11.1 Å². The first kappa shape index (κ1) is 26.8. The number of esters is 1. The highest BCUT2D eigenvalue weighted by Gasteiger charge is 2.35. The Bertz CT molecular complexity index is 1300. The van der Waals surface area contributed by atoms with Gasteiger partial charge in [-0.15, -0.1) is 0 Å². The number of halogens is 1. The molecule has 0 fully saturated rings. The molecule has 186 valence electrons. The van der Waals surface area contributed by atoms with Crippen molar-refractivity contribution in [3.8, 4) is 6.07 Å². The predicted molar refractivity (Wildman–Crippen MR) is 126 cm³/mol. The monoisotopic (exact) mass is 550 g/mol. The van der Waals surface area contributed by atoms with Crippen LogP contribution >= 0.6 is 0 Å². The van der Waals surface area contributed by atoms with Gasteiger partial charge in [-0.05, 0) is 50.6 Å². The van der Waals surface area contributed by atoms with E-state index in [0.717, 1.165) is 11.3 Å². The molecule has 0 aliphatic carbocycles. The van der Waals surface area contributed by atoms with Crippen LogP contribution in [-0.4, -0.2) is 34.2 Å². The zero-order valence-electron chi connectivity index (χ0n) is 20.4. The Balaban J connectivity index is 0.00000361. The molecule has 2 heterocycles. The second-order valence-electron chi connectivity index (χ2n) is 9.51. The zero-order valence-corrected chi connectivity index (χ0v) is 22.0. The predicted octanol–water partition coefficient (Wildman–Crippen LogP) is 0.154. The highest BCUT2D eigenvalue weighted by Crippen LogP contribution is 2.22. The molecule has 0 bridgehead atoms. The molecule has 1 aromatic heterocycles. The van der Waals surface area contributed by atoms with E-state index in [9.17, 15) is 14.4 Å². The number of rotatable bonds is 7. The number of imide groups is 1. The molecule has 2 amide bonds. The molecular weight excluding hydrogens is 524 g/mol. The van der Waals surface area contributed by atoms with E-state index >= 15 is 0 Å². The third-order valence-corrected chi connectivity index (χ3v) is 5.92. The molecule has 0 atom stereocenters. The van der Waals surface area contributed by atoms with Crippen LogP contribution in [0.25, 0.3) is 0 Å². The summed E-state index contributed by atoms with van der Waals surface area (Å²) < 4.78 is 7.50. The Morgan fingerprint density at radius 3 is 2.22 bits per heavy atom. The highest BCUT2D eigenvalue weighted by molar-refractivity contribution is 6.21. The lowest BCUT2D eigenvalue weighted by atomic mass is 9.97. The van der Waals surface area contributed by atoms with Crippen molar-refractivity contribution in [2.24, 2.45) is 5.41 Å². The van der Waals surface area contributed by atoms with Gasteiger partial charge in [0.05, 0.1) is 28.2 Å². The normalized spacial score (nSPS) is 12.7. The first-order chi connectivity index (χ1) is 16.7. The van der Waals surface area contributed by atoms with Gasteiger partial charge >= 0.3 is 5.97 Å². The lowest BCUT2D eigenvalue weighted by Crippen LogP contribution is -3.00. The number of H-pyrrole nitrogens is 1. The number of nitriles is 1. The molecule has 36 heavy (non-hydrogen) atoms. The fourth-order valence-electron chi connectivity index (χ4n) is 3.91. The molecule has 2 aromatic carbocycles. The Kier molecular flexibility index (Phi) is 8.10. The number of benzene rings is 2. The molecular formula is C27H27BrN4O4. The number of carbonyl (C=O) groups excluding carboxylic acids is 3. The third-order valence-electron chi connectivity index (χ3n) is 5.92. The number of ether oxygens (including phenoxy) is 1. The van der Waals surface area contributed by atoms with Crippen LogP contribution in [0.5, 0.6) is 0 Å². The van der Waals surface area contributed by atoms with Crippen LogP contribution in [0.3, 0.4) is 0 Å². The van der Waals surface area contributed by atoms with Gasteiger partial charge in [0.2, 0.25) is 0 Å². The van der Waals surface area contributed by atoms with Crippen LogP contribution in [0, 0.1) is 16.7 Å². The van der Waals surface area contributed by atoms with Gasteiger partial charge in [0.1, 0.15) is 18.4 Å². The van der Waals surface area contributed by atoms with Gasteiger partial charge < -0.3 is 21.7 Å². The number of imidazole rings is 1. The van der Waals surface area contributed by atoms with Crippen LogP contribution in [0.1, 0.15) is 64.1 Å². The van der Waals surface area contributed by atoms with Gasteiger partial charge in [-0.2, -0.15) is 5.26 Å². The van der Waals surface area contributed by atoms with Crippen molar-refractivity contribution in [1.29, 1.82) is 5.26 Å². The molecule has 1 N–H and O–H groups in total. The number of hydrogen-bond acceptors (Lipinski definition) is 5. The summed E-state index contributed by atoms with van der Waals surface area (Å²) in [5.74, 6) is -0.216. The molecule has 8 nitrogen and oxygen atoms in total. The first-order valence-electron chi connectivity index (χ1n) is 11.4. The minimum absolute atomic E-state index is 0. The van der Waals surface area contributed by atoms with E-state index in [1.54, 1.807) is 57.2 Å². The maximum atomic E-state index is 12.7. The fourth-order valence-corrected chi connectivity index (χ4v) is 3.91. The minimum Gasteiger partial charge on any atom is -1.00 e. The van der Waals surface area contributed by atoms with Crippen LogP contribution < -0.4 is 21.5 Å². The third kappa shape index (κ3) is 5.55. The summed E-state index contributed by atoms with van der Waals surface area (Å²) in [5, 5.41) is 9.07. The number of nitrogens with zero attached hydrogens (tertiary/aromatic N) is 3. The lowest BCUT2D eigenvalue weighted by molar-refractivity contribution is -0.703. The first-order valence-corrected chi connectivity index (χ1v) is 11.4. The maximum Gasteiger partial charge on any atom is 0.311 e. The standard InChI is InChI=1S/C27H26N4O4.BrH/c1-27(2,3)26(34)35-17-23-29-15-20(31(23)16-19-10-8-18(14-28)9-11-19)12-13-30-24(32)21-6-4-5-7-22(21)25(30)33;/h4-11,15H,12-13,16-17H2,1-3H3;1H. The molecule has 0 spiro atoms. The molecule has 9 heteroatoms. The van der Waals surface area contributed by atoms with E-state index in [1.807, 2.05) is 22.9 Å². The molecule has 4 rings (SSSR count). The molecule has 0 saturated heterocycles. The second kappa shape index (κ2) is 10.9. The Hall–Kier alpha value is -3.77. The number of hydrogen-bond donors (Lipinski definition) is 1. The molecule has 1 aliphatic rings. The van der Waals surface area contributed by atoms with Crippen molar-refractivity contribution in [2.45, 2.75) is 40.3 Å². The summed E-state index contributed by atoms with van der Waals surface area (Å²) in [6.45, 7) is 6.13. The van der Waals surface area contributed by atoms with Gasteiger partial charge in [-0.3, -0.25) is 19.3 Å². The van der Waals surface area contributed by atoms with Crippen molar-refractivity contribution in [3.63, 3.8) is 0 Å². The van der Waals surface area contributed by atoms with Gasteiger partial charge in [-0.1, -0.05) is 24.3 Å². The zero-order chi connectivity index (χ0) is 25.2. The number of aromatic amines is 1. The van der Waals surface area contributed by atoms with Gasteiger partial charge in [0, 0.05) is 13.0 Å². The van der Waals surface area contributed by atoms with E-state index in [1.165, 1.54) is 4.90 Å². The molecule has 0 radical (unpaired) electrons. The summed E-state index contributed by atoms with van der Waals surface area (Å²) in [4.78, 5) is 42.3. The highest BCUT2D eigenvalue weighted by atomic mass is 79.9. The van der Waals surface area contributed by atoms with E-state index in [4.69, 9.17) is 10.00 Å². The topological polar surface area (TPSA) is 107 Å². The Labute approximate surface area is 220 Å². The Morgan fingerprint density at radius 1 is 1.06 bits per heavy atom. The van der Waals surface area contributed by atoms with Crippen LogP contribution in [0.4, 0.5) is 0 Å². The van der Waals surface area contributed by atoms with Crippen LogP contribution in [0.15, 0.2) is 54.7 Å². The Morgan fingerprint density at radius 2 is 1.67 bits per heavy atom. The van der Waals surface area contributed by atoms with Gasteiger partial charge in [0.25, 0.3) is 17.6 Å². The number of aromatic nitrogens is 2. The fraction of sp³-hybridized carbons (Fsp3) is 0.296. The number of nitrogens with one attached hydrogen (secondary N) is 1. The van der Waals surface area contributed by atoms with E-state index in [-0.39, 0.29) is 47.9 Å². The average molecular weight is 551 g/mol. The maximum absolute atomic E-state index is 12.7. The summed E-state index contributed by atoms with van der Waals surface area (Å²) in [6.07, 6.45) is 2.23. The van der Waals surface area contributed by atoms with Crippen molar-refractivity contribution in [1.82, 2.24) is 9.88 Å². The molecule has 0 saturated carbocycles. The van der Waals surface area contributed by atoms with Crippen molar-refractivity contribution in [3.05, 3.63) is 88.5 Å². The number of carbonyl (C=O) groups is 3. The summed E-state index contributed by atoms with van der Waals surface area (Å²) in [6, 6.07) is 16.2.